The van der Waals surface area contributed by atoms with Gasteiger partial charge in [-0.1, -0.05) is 30.3 Å². The van der Waals surface area contributed by atoms with Gasteiger partial charge in [-0.3, -0.25) is 20.4 Å². The highest BCUT2D eigenvalue weighted by Gasteiger charge is 2.04. The van der Waals surface area contributed by atoms with E-state index in [-0.39, 0.29) is 18.4 Å². The van der Waals surface area contributed by atoms with Crippen LogP contribution < -0.4 is 26.2 Å². The fourth-order valence-electron chi connectivity index (χ4n) is 1.97. The van der Waals surface area contributed by atoms with Crippen LogP contribution in [0.1, 0.15) is 12.5 Å². The molecule has 0 aliphatic heterocycles. The summed E-state index contributed by atoms with van der Waals surface area (Å²) in [5, 5.41) is 5.94. The summed E-state index contributed by atoms with van der Waals surface area (Å²) in [5.74, 6) is -0.0141. The molecule has 0 saturated heterocycles. The standard InChI is InChI=1S/C18H20N4O3S/c1-13(23)20-15-7-9-16(10-8-15)25-12-17(24)21-22-18(26)19-11-14-5-3-2-4-6-14/h2-10H,11-12H2,1H3,(H,20,23)(H,21,24)(H2,19,22,26). The lowest BCUT2D eigenvalue weighted by Crippen LogP contribution is -2.48. The molecule has 0 aliphatic carbocycles. The Morgan fingerprint density at radius 1 is 1.00 bits per heavy atom. The first-order valence-electron chi connectivity index (χ1n) is 7.90. The minimum atomic E-state index is -0.375. The van der Waals surface area contributed by atoms with Crippen LogP contribution in [0.3, 0.4) is 0 Å². The van der Waals surface area contributed by atoms with Gasteiger partial charge in [0.1, 0.15) is 5.75 Å². The van der Waals surface area contributed by atoms with Gasteiger partial charge in [-0.2, -0.15) is 0 Å². The summed E-state index contributed by atoms with van der Waals surface area (Å²) in [4.78, 5) is 22.7. The van der Waals surface area contributed by atoms with Crippen LogP contribution in [0.15, 0.2) is 54.6 Å². The number of hydrazine groups is 1. The summed E-state index contributed by atoms with van der Waals surface area (Å²) in [5.41, 5.74) is 6.80. The summed E-state index contributed by atoms with van der Waals surface area (Å²) < 4.78 is 5.36. The first-order chi connectivity index (χ1) is 12.5. The number of ether oxygens (including phenoxy) is 1. The maximum Gasteiger partial charge on any atom is 0.276 e. The first kappa shape index (κ1) is 19.2. The van der Waals surface area contributed by atoms with E-state index in [2.05, 4.69) is 21.5 Å². The molecule has 2 aromatic rings. The lowest BCUT2D eigenvalue weighted by Gasteiger charge is -2.12. The Labute approximate surface area is 157 Å². The molecule has 2 aromatic carbocycles. The fraction of sp³-hybridized carbons (Fsp3) is 0.167. The molecule has 0 atom stereocenters. The van der Waals surface area contributed by atoms with Crippen molar-refractivity contribution >= 4 is 34.8 Å². The van der Waals surface area contributed by atoms with Crippen molar-refractivity contribution in [1.29, 1.82) is 0 Å². The lowest BCUT2D eigenvalue weighted by atomic mass is 10.2. The maximum atomic E-state index is 11.8. The third kappa shape index (κ3) is 7.18. The first-order valence-corrected chi connectivity index (χ1v) is 8.31. The molecule has 0 unspecified atom stereocenters. The van der Waals surface area contributed by atoms with E-state index in [9.17, 15) is 9.59 Å². The zero-order valence-electron chi connectivity index (χ0n) is 14.2. The minimum Gasteiger partial charge on any atom is -0.484 e. The summed E-state index contributed by atoms with van der Waals surface area (Å²) >= 11 is 5.09. The molecule has 26 heavy (non-hydrogen) atoms. The number of nitrogens with one attached hydrogen (secondary N) is 4. The van der Waals surface area contributed by atoms with Crippen LogP contribution in [-0.2, 0) is 16.1 Å². The van der Waals surface area contributed by atoms with Crippen molar-refractivity contribution < 1.29 is 14.3 Å². The molecule has 0 aromatic heterocycles. The predicted octanol–water partition coefficient (Wildman–Crippen LogP) is 1.72. The number of carbonyl (C=O) groups is 2. The highest BCUT2D eigenvalue weighted by Crippen LogP contribution is 2.15. The van der Waals surface area contributed by atoms with E-state index in [1.807, 2.05) is 30.3 Å². The van der Waals surface area contributed by atoms with Crippen molar-refractivity contribution in [3.8, 4) is 5.75 Å². The number of carbonyl (C=O) groups excluding carboxylic acids is 2. The SMILES string of the molecule is CC(=O)Nc1ccc(OCC(=O)NNC(=S)NCc2ccccc2)cc1. The van der Waals surface area contributed by atoms with Crippen molar-refractivity contribution in [3.05, 3.63) is 60.2 Å². The zero-order chi connectivity index (χ0) is 18.8. The highest BCUT2D eigenvalue weighted by atomic mass is 32.1. The monoisotopic (exact) mass is 372 g/mol. The fourth-order valence-corrected chi connectivity index (χ4v) is 2.09. The van der Waals surface area contributed by atoms with Gasteiger partial charge in [0, 0.05) is 19.2 Å². The van der Waals surface area contributed by atoms with E-state index in [1.165, 1.54) is 6.92 Å². The van der Waals surface area contributed by atoms with Crippen LogP contribution in [0.4, 0.5) is 5.69 Å². The summed E-state index contributed by atoms with van der Waals surface area (Å²) in [6, 6.07) is 16.5. The predicted molar refractivity (Wildman–Crippen MR) is 103 cm³/mol. The van der Waals surface area contributed by atoms with Crippen LogP contribution in [-0.4, -0.2) is 23.5 Å². The van der Waals surface area contributed by atoms with E-state index >= 15 is 0 Å². The van der Waals surface area contributed by atoms with Gasteiger partial charge in [0.05, 0.1) is 0 Å². The molecule has 2 rings (SSSR count). The number of hydrogen-bond acceptors (Lipinski definition) is 4. The molecule has 4 N–H and O–H groups in total. The van der Waals surface area contributed by atoms with Gasteiger partial charge in [-0.25, -0.2) is 0 Å². The van der Waals surface area contributed by atoms with Crippen molar-refractivity contribution in [2.24, 2.45) is 0 Å². The molecule has 0 bridgehead atoms. The topological polar surface area (TPSA) is 91.5 Å². The Morgan fingerprint density at radius 2 is 1.69 bits per heavy atom. The van der Waals surface area contributed by atoms with Crippen LogP contribution in [0, 0.1) is 0 Å². The number of thiocarbonyl (C=S) groups is 1. The average molecular weight is 372 g/mol. The second kappa shape index (κ2) is 10.00. The van der Waals surface area contributed by atoms with Gasteiger partial charge in [0.15, 0.2) is 11.7 Å². The van der Waals surface area contributed by atoms with Gasteiger partial charge >= 0.3 is 0 Å². The maximum absolute atomic E-state index is 11.8. The van der Waals surface area contributed by atoms with Crippen molar-refractivity contribution in [1.82, 2.24) is 16.2 Å². The summed E-state index contributed by atoms with van der Waals surface area (Å²) in [6.45, 7) is 1.81. The molecule has 7 nitrogen and oxygen atoms in total. The van der Waals surface area contributed by atoms with Crippen LogP contribution in [0.5, 0.6) is 5.75 Å². The zero-order valence-corrected chi connectivity index (χ0v) is 15.1. The van der Waals surface area contributed by atoms with Gasteiger partial charge in [0.25, 0.3) is 5.91 Å². The third-order valence-electron chi connectivity index (χ3n) is 3.16. The average Bonchev–Trinajstić information content (AvgIpc) is 2.64. The lowest BCUT2D eigenvalue weighted by molar-refractivity contribution is -0.123. The molecule has 0 fully saturated rings. The number of amides is 2. The van der Waals surface area contributed by atoms with Crippen LogP contribution >= 0.6 is 12.2 Å². The molecule has 0 saturated carbocycles. The molecule has 2 amide bonds. The molecular formula is C18H20N4O3S. The summed E-state index contributed by atoms with van der Waals surface area (Å²) in [6.07, 6.45) is 0. The van der Waals surface area contributed by atoms with Crippen LogP contribution in [0.2, 0.25) is 0 Å². The van der Waals surface area contributed by atoms with Crippen LogP contribution in [0.25, 0.3) is 0 Å². The Morgan fingerprint density at radius 3 is 2.35 bits per heavy atom. The largest absolute Gasteiger partial charge is 0.484 e. The highest BCUT2D eigenvalue weighted by molar-refractivity contribution is 7.80. The molecule has 0 spiro atoms. The Balaban J connectivity index is 1.65. The van der Waals surface area contributed by atoms with Gasteiger partial charge in [-0.15, -0.1) is 0 Å². The molecule has 0 aliphatic rings. The molecule has 136 valence electrons. The third-order valence-corrected chi connectivity index (χ3v) is 3.40. The van der Waals surface area contributed by atoms with E-state index in [0.717, 1.165) is 5.56 Å². The summed E-state index contributed by atoms with van der Waals surface area (Å²) in [7, 11) is 0. The minimum absolute atomic E-state index is 0.152. The second-order valence-electron chi connectivity index (χ2n) is 5.34. The Hall–Kier alpha value is -3.13. The van der Waals surface area contributed by atoms with E-state index in [4.69, 9.17) is 17.0 Å². The molecule has 0 radical (unpaired) electrons. The number of rotatable bonds is 6. The van der Waals surface area contributed by atoms with Crippen molar-refractivity contribution in [2.75, 3.05) is 11.9 Å². The second-order valence-corrected chi connectivity index (χ2v) is 5.74. The quantitative estimate of drug-likeness (QED) is 0.456. The number of anilines is 1. The Bertz CT molecular complexity index is 751. The van der Waals surface area contributed by atoms with E-state index in [1.54, 1.807) is 24.3 Å². The smallest absolute Gasteiger partial charge is 0.276 e. The number of benzene rings is 2. The van der Waals surface area contributed by atoms with Gasteiger partial charge in [0.2, 0.25) is 5.91 Å². The van der Waals surface area contributed by atoms with Gasteiger partial charge in [-0.05, 0) is 42.0 Å². The number of hydrogen-bond donors (Lipinski definition) is 4. The van der Waals surface area contributed by atoms with E-state index in [0.29, 0.717) is 23.1 Å². The van der Waals surface area contributed by atoms with Crippen molar-refractivity contribution in [3.63, 3.8) is 0 Å². The van der Waals surface area contributed by atoms with E-state index < -0.39 is 0 Å². The van der Waals surface area contributed by atoms with Gasteiger partial charge < -0.3 is 15.4 Å². The molecule has 8 heteroatoms. The van der Waals surface area contributed by atoms with Crippen molar-refractivity contribution in [2.45, 2.75) is 13.5 Å². The normalized spacial score (nSPS) is 9.73. The molecule has 0 heterocycles. The molecular weight excluding hydrogens is 352 g/mol. The Kier molecular flexibility index (Phi) is 7.38.